The average Bonchev–Trinajstić information content (AvgIpc) is 2.98. The minimum atomic E-state index is -0.586. The van der Waals surface area contributed by atoms with Gasteiger partial charge in [0.25, 0.3) is 0 Å². The van der Waals surface area contributed by atoms with Crippen LogP contribution in [0.3, 0.4) is 0 Å². The highest BCUT2D eigenvalue weighted by Gasteiger charge is 2.64. The first-order valence-electron chi connectivity index (χ1n) is 11.9. The van der Waals surface area contributed by atoms with E-state index in [1.165, 1.54) is 38.5 Å². The molecular weight excluding hydrogens is 334 g/mol. The van der Waals surface area contributed by atoms with E-state index in [2.05, 4.69) is 27.7 Å². The molecule has 0 aromatic carbocycles. The van der Waals surface area contributed by atoms with Crippen LogP contribution in [0.25, 0.3) is 0 Å². The fourth-order valence-electron chi connectivity index (χ4n) is 8.92. The topological polar surface area (TPSA) is 66.5 Å². The van der Waals surface area contributed by atoms with Crippen LogP contribution in [-0.2, 0) is 0 Å². The Morgan fingerprint density at radius 2 is 1.59 bits per heavy atom. The average molecular weight is 378 g/mol. The second-order valence-electron chi connectivity index (χ2n) is 11.4. The van der Waals surface area contributed by atoms with Crippen LogP contribution in [-0.4, -0.2) is 28.5 Å². The molecule has 0 bridgehead atoms. The summed E-state index contributed by atoms with van der Waals surface area (Å²) in [5.41, 5.74) is 6.78. The molecule has 4 aliphatic rings. The second-order valence-corrected chi connectivity index (χ2v) is 11.4. The molecule has 0 aromatic rings. The van der Waals surface area contributed by atoms with Crippen LogP contribution in [0, 0.1) is 46.3 Å². The zero-order valence-electron chi connectivity index (χ0n) is 18.0. The van der Waals surface area contributed by atoms with E-state index < -0.39 is 12.2 Å². The lowest BCUT2D eigenvalue weighted by molar-refractivity contribution is -0.216. The highest BCUT2D eigenvalue weighted by Crippen LogP contribution is 2.68. The van der Waals surface area contributed by atoms with Crippen LogP contribution in [0.4, 0.5) is 0 Å². The van der Waals surface area contributed by atoms with Crippen LogP contribution >= 0.6 is 0 Å². The van der Waals surface area contributed by atoms with Gasteiger partial charge in [0.15, 0.2) is 0 Å². The second kappa shape index (κ2) is 6.99. The minimum Gasteiger partial charge on any atom is -0.390 e. The Balaban J connectivity index is 1.65. The van der Waals surface area contributed by atoms with Gasteiger partial charge in [-0.3, -0.25) is 0 Å². The predicted molar refractivity (Wildman–Crippen MR) is 110 cm³/mol. The van der Waals surface area contributed by atoms with E-state index in [9.17, 15) is 10.2 Å². The molecule has 0 heterocycles. The summed E-state index contributed by atoms with van der Waals surface area (Å²) in [5, 5.41) is 22.5. The molecule has 4 saturated carbocycles. The van der Waals surface area contributed by atoms with E-state index >= 15 is 0 Å². The van der Waals surface area contributed by atoms with Gasteiger partial charge in [-0.25, -0.2) is 0 Å². The van der Waals surface area contributed by atoms with Crippen molar-refractivity contribution in [2.75, 3.05) is 0 Å². The molecule has 3 nitrogen and oxygen atoms in total. The maximum absolute atomic E-state index is 11.3. The van der Waals surface area contributed by atoms with Gasteiger partial charge in [0.05, 0.1) is 12.2 Å². The van der Waals surface area contributed by atoms with Crippen molar-refractivity contribution >= 4 is 0 Å². The predicted octanol–water partition coefficient (Wildman–Crippen LogP) is 4.35. The first kappa shape index (κ1) is 20.2. The van der Waals surface area contributed by atoms with E-state index in [1.54, 1.807) is 0 Å². The molecule has 0 amide bonds. The van der Waals surface area contributed by atoms with Crippen molar-refractivity contribution in [1.29, 1.82) is 0 Å². The molecule has 4 rings (SSSR count). The van der Waals surface area contributed by atoms with Gasteiger partial charge in [0.2, 0.25) is 0 Å². The molecule has 0 saturated heterocycles. The summed E-state index contributed by atoms with van der Waals surface area (Å²) in [6.07, 6.45) is 9.67. The van der Waals surface area contributed by atoms with Crippen molar-refractivity contribution in [2.45, 2.75) is 104 Å². The molecule has 3 heteroatoms. The molecule has 4 N–H and O–H groups in total. The van der Waals surface area contributed by atoms with Crippen LogP contribution in [0.15, 0.2) is 0 Å². The molecule has 4 fully saturated rings. The standard InChI is InChI=1S/C24H43NO2/c1-5-6-14(2)16-7-8-17-20-18(10-12-23(16,17)3)24(4)11-9-15(25)13-19(24)21(26)22(20)27/h14-22,26-27H,5-13,25H2,1-4H3. The SMILES string of the molecule is CCCC(C)C1CCC2C3C(O)C(O)C4CC(N)CCC4(C)C3CCC12C. The van der Waals surface area contributed by atoms with Gasteiger partial charge >= 0.3 is 0 Å². The number of aliphatic hydroxyl groups excluding tert-OH is 2. The first-order chi connectivity index (χ1) is 12.7. The Morgan fingerprint density at radius 3 is 2.30 bits per heavy atom. The van der Waals surface area contributed by atoms with Crippen LogP contribution in [0.5, 0.6) is 0 Å². The van der Waals surface area contributed by atoms with E-state index in [0.717, 1.165) is 31.1 Å². The molecule has 11 unspecified atom stereocenters. The highest BCUT2D eigenvalue weighted by molar-refractivity contribution is 5.14. The molecule has 4 aliphatic carbocycles. The summed E-state index contributed by atoms with van der Waals surface area (Å²) < 4.78 is 0. The van der Waals surface area contributed by atoms with Crippen molar-refractivity contribution in [3.63, 3.8) is 0 Å². The Labute approximate surface area is 166 Å². The number of hydrogen-bond donors (Lipinski definition) is 3. The maximum atomic E-state index is 11.3. The number of fused-ring (bicyclic) bond motifs is 5. The molecule has 0 spiro atoms. The summed E-state index contributed by atoms with van der Waals surface area (Å²) in [4.78, 5) is 0. The summed E-state index contributed by atoms with van der Waals surface area (Å²) in [7, 11) is 0. The van der Waals surface area contributed by atoms with Gasteiger partial charge in [0, 0.05) is 6.04 Å². The summed E-state index contributed by atoms with van der Waals surface area (Å²) in [6, 6.07) is 0.195. The molecule has 0 aliphatic heterocycles. The third-order valence-electron chi connectivity index (χ3n) is 10.3. The van der Waals surface area contributed by atoms with Gasteiger partial charge in [-0.1, -0.05) is 40.5 Å². The van der Waals surface area contributed by atoms with Crippen molar-refractivity contribution in [3.05, 3.63) is 0 Å². The van der Waals surface area contributed by atoms with E-state index in [0.29, 0.717) is 17.3 Å². The van der Waals surface area contributed by atoms with E-state index in [1.807, 2.05) is 0 Å². The van der Waals surface area contributed by atoms with Crippen molar-refractivity contribution in [1.82, 2.24) is 0 Å². The van der Waals surface area contributed by atoms with Crippen molar-refractivity contribution in [2.24, 2.45) is 52.1 Å². The lowest BCUT2D eigenvalue weighted by Gasteiger charge is -2.63. The normalized spacial score (nSPS) is 56.1. The van der Waals surface area contributed by atoms with Crippen LogP contribution in [0.1, 0.15) is 85.5 Å². The highest BCUT2D eigenvalue weighted by atomic mass is 16.3. The summed E-state index contributed by atoms with van der Waals surface area (Å²) >= 11 is 0. The number of rotatable bonds is 3. The van der Waals surface area contributed by atoms with Crippen LogP contribution < -0.4 is 5.73 Å². The smallest absolute Gasteiger partial charge is 0.0836 e. The third-order valence-corrected chi connectivity index (χ3v) is 10.3. The molecular formula is C24H43NO2. The van der Waals surface area contributed by atoms with E-state index in [-0.39, 0.29) is 23.3 Å². The largest absolute Gasteiger partial charge is 0.390 e. The molecule has 11 atom stereocenters. The molecule has 0 aromatic heterocycles. The van der Waals surface area contributed by atoms with Gasteiger partial charge in [-0.05, 0) is 91.3 Å². The lowest BCUT2D eigenvalue weighted by atomic mass is 9.43. The van der Waals surface area contributed by atoms with Gasteiger partial charge in [-0.15, -0.1) is 0 Å². The Bertz CT molecular complexity index is 552. The Hall–Kier alpha value is -0.120. The zero-order chi connectivity index (χ0) is 19.6. The quantitative estimate of drug-likeness (QED) is 0.685. The lowest BCUT2D eigenvalue weighted by Crippen LogP contribution is -2.64. The van der Waals surface area contributed by atoms with Crippen molar-refractivity contribution < 1.29 is 10.2 Å². The first-order valence-corrected chi connectivity index (χ1v) is 11.9. The number of hydrogen-bond acceptors (Lipinski definition) is 3. The third kappa shape index (κ3) is 2.86. The molecule has 156 valence electrons. The van der Waals surface area contributed by atoms with Gasteiger partial charge < -0.3 is 15.9 Å². The monoisotopic (exact) mass is 377 g/mol. The van der Waals surface area contributed by atoms with E-state index in [4.69, 9.17) is 5.73 Å². The van der Waals surface area contributed by atoms with Gasteiger partial charge in [0.1, 0.15) is 0 Å². The Kier molecular flexibility index (Phi) is 5.22. The van der Waals surface area contributed by atoms with Gasteiger partial charge in [-0.2, -0.15) is 0 Å². The van der Waals surface area contributed by atoms with Crippen LogP contribution in [0.2, 0.25) is 0 Å². The van der Waals surface area contributed by atoms with Crippen molar-refractivity contribution in [3.8, 4) is 0 Å². The summed E-state index contributed by atoms with van der Waals surface area (Å²) in [5.74, 6) is 3.18. The number of nitrogens with two attached hydrogens (primary N) is 1. The number of aliphatic hydroxyl groups is 2. The zero-order valence-corrected chi connectivity index (χ0v) is 18.0. The maximum Gasteiger partial charge on any atom is 0.0836 e. The fraction of sp³-hybridized carbons (Fsp3) is 1.00. The molecule has 0 radical (unpaired) electrons. The summed E-state index contributed by atoms with van der Waals surface area (Å²) in [6.45, 7) is 9.71. The Morgan fingerprint density at radius 1 is 0.926 bits per heavy atom. The fourth-order valence-corrected chi connectivity index (χ4v) is 8.92. The molecule has 27 heavy (non-hydrogen) atoms. The minimum absolute atomic E-state index is 0.160.